The maximum absolute atomic E-state index is 12.1. The maximum atomic E-state index is 12.1. The molecule has 0 aliphatic carbocycles. The molecule has 23 heavy (non-hydrogen) atoms. The van der Waals surface area contributed by atoms with Gasteiger partial charge in [-0.3, -0.25) is 9.00 Å². The number of hydrogen-bond acceptors (Lipinski definition) is 5. The molecule has 0 N–H and O–H groups in total. The van der Waals surface area contributed by atoms with Crippen molar-refractivity contribution in [2.75, 3.05) is 12.9 Å². The molecule has 0 spiro atoms. The number of β-lactam (4-membered cyclic amide) rings is 1. The molecule has 1 aromatic rings. The van der Waals surface area contributed by atoms with Gasteiger partial charge in [0.05, 0.1) is 19.6 Å². The molecule has 7 heteroatoms. The van der Waals surface area contributed by atoms with Crippen molar-refractivity contribution in [1.29, 1.82) is 0 Å². The fourth-order valence-electron chi connectivity index (χ4n) is 2.27. The van der Waals surface area contributed by atoms with E-state index in [2.05, 4.69) is 6.58 Å². The molecule has 1 heterocycles. The second-order valence-corrected chi connectivity index (χ2v) is 7.11. The molecule has 124 valence electrons. The molecule has 0 bridgehead atoms. The largest absolute Gasteiger partial charge is 0.497 e. The van der Waals surface area contributed by atoms with Crippen LogP contribution in [0.2, 0.25) is 0 Å². The molecular formula is C16H19NO4S2. The Kier molecular flexibility index (Phi) is 5.90. The summed E-state index contributed by atoms with van der Waals surface area (Å²) < 4.78 is 22.8. The van der Waals surface area contributed by atoms with E-state index in [-0.39, 0.29) is 22.8 Å². The van der Waals surface area contributed by atoms with Gasteiger partial charge in [-0.25, -0.2) is 0 Å². The second kappa shape index (κ2) is 7.70. The Morgan fingerprint density at radius 2 is 2.09 bits per heavy atom. The lowest BCUT2D eigenvalue weighted by atomic mass is 10.1. The third-order valence-corrected chi connectivity index (χ3v) is 5.56. The average molecular weight is 353 g/mol. The molecule has 1 aliphatic heterocycles. The van der Waals surface area contributed by atoms with Crippen molar-refractivity contribution >= 4 is 34.0 Å². The normalized spacial score (nSPS) is 19.5. The second-order valence-electron chi connectivity index (χ2n) is 5.07. The lowest BCUT2D eigenvalue weighted by Crippen LogP contribution is -2.60. The Morgan fingerprint density at radius 1 is 1.48 bits per heavy atom. The van der Waals surface area contributed by atoms with E-state index >= 15 is 0 Å². The van der Waals surface area contributed by atoms with Gasteiger partial charge >= 0.3 is 0 Å². The Bertz CT molecular complexity index is 629. The van der Waals surface area contributed by atoms with E-state index in [1.165, 1.54) is 4.90 Å². The molecule has 5 nitrogen and oxygen atoms in total. The van der Waals surface area contributed by atoms with Crippen molar-refractivity contribution < 1.29 is 18.5 Å². The molecule has 3 atom stereocenters. The van der Waals surface area contributed by atoms with Gasteiger partial charge in [0.1, 0.15) is 16.9 Å². The Hall–Kier alpha value is -1.73. The minimum atomic E-state index is -1.16. The van der Waals surface area contributed by atoms with Crippen LogP contribution >= 0.6 is 12.2 Å². The zero-order valence-corrected chi connectivity index (χ0v) is 14.7. The number of likely N-dealkylation sites (tertiary alicyclic amines) is 1. The molecule has 0 saturated carbocycles. The molecule has 1 saturated heterocycles. The number of amides is 1. The van der Waals surface area contributed by atoms with E-state index in [0.717, 1.165) is 0 Å². The summed E-state index contributed by atoms with van der Waals surface area (Å²) in [6.45, 7) is 5.36. The number of nitrogens with zero attached hydrogens (tertiary/aromatic N) is 1. The first-order chi connectivity index (χ1) is 11.0. The zero-order valence-electron chi connectivity index (χ0n) is 13.1. The average Bonchev–Trinajstić information content (AvgIpc) is 2.53. The predicted molar refractivity (Wildman–Crippen MR) is 94.1 cm³/mol. The summed E-state index contributed by atoms with van der Waals surface area (Å²) in [7, 11) is 0.423. The fourth-order valence-corrected chi connectivity index (χ4v) is 3.82. The standard InChI is InChI=1S/C16H19NO4S2/c1-4-9-23(19)15-10-14(18)17(15)11(2)16(22)21-13-7-5-12(20-3)6-8-13/h4-8,11,15H,1,9-10H2,2-3H3. The molecule has 1 fully saturated rings. The van der Waals surface area contributed by atoms with Crippen molar-refractivity contribution in [1.82, 2.24) is 4.90 Å². The number of benzene rings is 1. The first kappa shape index (κ1) is 17.6. The van der Waals surface area contributed by atoms with Crippen LogP contribution in [-0.4, -0.2) is 44.3 Å². The summed E-state index contributed by atoms with van der Waals surface area (Å²) in [5.74, 6) is 1.57. The molecule has 2 rings (SSSR count). The van der Waals surface area contributed by atoms with Crippen LogP contribution in [0.1, 0.15) is 13.3 Å². The van der Waals surface area contributed by atoms with Gasteiger partial charge in [-0.1, -0.05) is 6.08 Å². The highest BCUT2D eigenvalue weighted by Crippen LogP contribution is 2.27. The maximum Gasteiger partial charge on any atom is 0.227 e. The topological polar surface area (TPSA) is 55.8 Å². The summed E-state index contributed by atoms with van der Waals surface area (Å²) in [5, 5.41) is -0.0586. The highest BCUT2D eigenvalue weighted by molar-refractivity contribution is 7.85. The van der Waals surface area contributed by atoms with E-state index in [4.69, 9.17) is 21.7 Å². The lowest BCUT2D eigenvalue weighted by molar-refractivity contribution is -0.143. The Morgan fingerprint density at radius 3 is 2.61 bits per heavy atom. The van der Waals surface area contributed by atoms with Gasteiger partial charge in [-0.15, -0.1) is 6.58 Å². The quantitative estimate of drug-likeness (QED) is 0.428. The molecule has 1 aliphatic rings. The van der Waals surface area contributed by atoms with Crippen LogP contribution in [0, 0.1) is 0 Å². The van der Waals surface area contributed by atoms with Crippen molar-refractivity contribution in [3.8, 4) is 11.5 Å². The number of thiocarbonyl (C=S) groups is 1. The Labute approximate surface area is 143 Å². The van der Waals surface area contributed by atoms with Crippen molar-refractivity contribution in [3.63, 3.8) is 0 Å². The van der Waals surface area contributed by atoms with Crippen LogP contribution in [0.3, 0.4) is 0 Å². The highest BCUT2D eigenvalue weighted by atomic mass is 32.2. The molecule has 3 unspecified atom stereocenters. The molecular weight excluding hydrogens is 334 g/mol. The molecule has 0 radical (unpaired) electrons. The number of carbonyl (C=O) groups is 1. The van der Waals surface area contributed by atoms with Crippen LogP contribution in [0.5, 0.6) is 11.5 Å². The van der Waals surface area contributed by atoms with Gasteiger partial charge in [0.15, 0.2) is 5.05 Å². The predicted octanol–water partition coefficient (Wildman–Crippen LogP) is 2.28. The third kappa shape index (κ3) is 3.97. The number of rotatable bonds is 7. The van der Waals surface area contributed by atoms with Gasteiger partial charge in [-0.05, 0) is 43.4 Å². The first-order valence-electron chi connectivity index (χ1n) is 7.13. The number of hydrogen-bond donors (Lipinski definition) is 0. The van der Waals surface area contributed by atoms with Crippen molar-refractivity contribution in [3.05, 3.63) is 36.9 Å². The zero-order chi connectivity index (χ0) is 17.0. The minimum Gasteiger partial charge on any atom is -0.497 e. The van der Waals surface area contributed by atoms with Crippen LogP contribution in [0.15, 0.2) is 36.9 Å². The lowest BCUT2D eigenvalue weighted by Gasteiger charge is -2.43. The molecule has 1 amide bonds. The van der Waals surface area contributed by atoms with Crippen LogP contribution in [-0.2, 0) is 15.6 Å². The summed E-state index contributed by atoms with van der Waals surface area (Å²) in [5.41, 5.74) is 0. The number of ether oxygens (including phenoxy) is 2. The fraction of sp³-hybridized carbons (Fsp3) is 0.375. The van der Waals surface area contributed by atoms with E-state index in [1.807, 2.05) is 0 Å². The molecule has 0 aromatic heterocycles. The van der Waals surface area contributed by atoms with Gasteiger partial charge in [0.25, 0.3) is 0 Å². The number of methoxy groups -OCH3 is 1. The SMILES string of the molecule is C=CCS(=O)C1CC(=O)N1C(C)C(=S)Oc1ccc(OC)cc1. The smallest absolute Gasteiger partial charge is 0.227 e. The van der Waals surface area contributed by atoms with Crippen LogP contribution < -0.4 is 9.47 Å². The highest BCUT2D eigenvalue weighted by Gasteiger charge is 2.44. The Balaban J connectivity index is 2.01. The summed E-state index contributed by atoms with van der Waals surface area (Å²) in [4.78, 5) is 13.4. The number of carbonyl (C=O) groups excluding carboxylic acids is 1. The van der Waals surface area contributed by atoms with Crippen LogP contribution in [0.25, 0.3) is 0 Å². The third-order valence-electron chi connectivity index (χ3n) is 3.57. The monoisotopic (exact) mass is 353 g/mol. The van der Waals surface area contributed by atoms with Gasteiger partial charge < -0.3 is 14.4 Å². The summed E-state index contributed by atoms with van der Waals surface area (Å²) in [6.07, 6.45) is 1.86. The first-order valence-corrected chi connectivity index (χ1v) is 8.92. The minimum absolute atomic E-state index is 0.0689. The van der Waals surface area contributed by atoms with E-state index in [9.17, 15) is 9.00 Å². The van der Waals surface area contributed by atoms with Crippen LogP contribution in [0.4, 0.5) is 0 Å². The van der Waals surface area contributed by atoms with E-state index < -0.39 is 16.8 Å². The van der Waals surface area contributed by atoms with E-state index in [1.54, 1.807) is 44.4 Å². The molecule has 1 aromatic carbocycles. The van der Waals surface area contributed by atoms with Gasteiger partial charge in [-0.2, -0.15) is 0 Å². The van der Waals surface area contributed by atoms with Crippen molar-refractivity contribution in [2.24, 2.45) is 0 Å². The van der Waals surface area contributed by atoms with Gasteiger partial charge in [0.2, 0.25) is 5.91 Å². The van der Waals surface area contributed by atoms with Gasteiger partial charge in [0, 0.05) is 16.6 Å². The summed E-state index contributed by atoms with van der Waals surface area (Å²) in [6, 6.07) is 6.58. The van der Waals surface area contributed by atoms with E-state index in [0.29, 0.717) is 17.3 Å². The van der Waals surface area contributed by atoms with Crippen molar-refractivity contribution in [2.45, 2.75) is 24.8 Å². The summed E-state index contributed by atoms with van der Waals surface area (Å²) >= 11 is 5.29.